The van der Waals surface area contributed by atoms with Crippen LogP contribution in [0.5, 0.6) is 0 Å². The maximum absolute atomic E-state index is 13.5. The molecule has 5 nitrogen and oxygen atoms in total. The molecule has 1 aromatic heterocycles. The number of para-hydroxylation sites is 1. The molecule has 0 saturated carbocycles. The molecule has 172 valence electrons. The number of ether oxygens (including phenoxy) is 1. The van der Waals surface area contributed by atoms with E-state index in [2.05, 4.69) is 9.72 Å². The maximum Gasteiger partial charge on any atom is 0.338 e. The minimum Gasteiger partial charge on any atom is -0.465 e. The van der Waals surface area contributed by atoms with E-state index >= 15 is 0 Å². The smallest absolute Gasteiger partial charge is 0.338 e. The Morgan fingerprint density at radius 1 is 0.941 bits per heavy atom. The minimum atomic E-state index is -0.417. The van der Waals surface area contributed by atoms with Gasteiger partial charge in [0.15, 0.2) is 0 Å². The maximum atomic E-state index is 13.5. The fourth-order valence-electron chi connectivity index (χ4n) is 3.92. The van der Waals surface area contributed by atoms with Crippen LogP contribution in [-0.2, 0) is 16.2 Å². The quantitative estimate of drug-likeness (QED) is 0.186. The molecule has 0 radical (unpaired) electrons. The van der Waals surface area contributed by atoms with Crippen LogP contribution < -0.4 is 0 Å². The molecular weight excluding hydrogens is 431 g/mol. The van der Waals surface area contributed by atoms with Gasteiger partial charge in [-0.05, 0) is 67.9 Å². The van der Waals surface area contributed by atoms with Gasteiger partial charge in [-0.25, -0.2) is 9.18 Å². The van der Waals surface area contributed by atoms with Crippen LogP contribution in [0.2, 0.25) is 0 Å². The van der Waals surface area contributed by atoms with E-state index in [0.717, 1.165) is 28.2 Å². The first-order chi connectivity index (χ1) is 16.5. The van der Waals surface area contributed by atoms with Crippen molar-refractivity contribution in [2.24, 2.45) is 5.16 Å². The van der Waals surface area contributed by atoms with Gasteiger partial charge in [-0.3, -0.25) is 0 Å². The summed E-state index contributed by atoms with van der Waals surface area (Å²) in [7, 11) is 1.35. The number of esters is 1. The Labute approximate surface area is 198 Å². The van der Waals surface area contributed by atoms with Gasteiger partial charge in [0.1, 0.15) is 12.4 Å². The second-order valence-electron chi connectivity index (χ2n) is 7.81. The number of benzene rings is 3. The summed E-state index contributed by atoms with van der Waals surface area (Å²) in [5.74, 6) is -0.698. The van der Waals surface area contributed by atoms with Crippen molar-refractivity contribution in [1.29, 1.82) is 0 Å². The summed E-state index contributed by atoms with van der Waals surface area (Å²) in [6.45, 7) is 4.02. The van der Waals surface area contributed by atoms with Crippen LogP contribution >= 0.6 is 0 Å². The fourth-order valence-corrected chi connectivity index (χ4v) is 3.92. The van der Waals surface area contributed by atoms with E-state index in [-0.39, 0.29) is 12.4 Å². The summed E-state index contributed by atoms with van der Waals surface area (Å²) in [5.41, 5.74) is 6.51. The lowest BCUT2D eigenvalue weighted by molar-refractivity contribution is 0.0593. The van der Waals surface area contributed by atoms with Crippen LogP contribution in [0.25, 0.3) is 16.9 Å². The number of oxime groups is 1. The molecule has 6 heteroatoms. The summed E-state index contributed by atoms with van der Waals surface area (Å²) >= 11 is 0. The van der Waals surface area contributed by atoms with Crippen molar-refractivity contribution in [2.75, 3.05) is 7.11 Å². The highest BCUT2D eigenvalue weighted by atomic mass is 19.1. The summed E-state index contributed by atoms with van der Waals surface area (Å²) < 4.78 is 20.5. The molecule has 1 heterocycles. The third-order valence-electron chi connectivity index (χ3n) is 5.64. The number of carbonyl (C=O) groups is 1. The number of hydrogen-bond donors (Lipinski definition) is 0. The second kappa shape index (κ2) is 10.2. The molecule has 0 fully saturated rings. The van der Waals surface area contributed by atoms with E-state index in [0.29, 0.717) is 16.8 Å². The first-order valence-electron chi connectivity index (χ1n) is 10.9. The molecule has 0 aliphatic rings. The van der Waals surface area contributed by atoms with Crippen molar-refractivity contribution >= 4 is 11.7 Å². The van der Waals surface area contributed by atoms with Gasteiger partial charge in [-0.15, -0.1) is 0 Å². The minimum absolute atomic E-state index is 0.131. The van der Waals surface area contributed by atoms with Gasteiger partial charge in [0, 0.05) is 22.5 Å². The SMILES string of the molecule is COC(=O)c1ccccc1CON=C(C)c1cc(-c2ccc(F)cc2)n(-c2ccccc2)c1C. The number of carbonyl (C=O) groups excluding carboxylic acids is 1. The predicted molar refractivity (Wildman–Crippen MR) is 131 cm³/mol. The van der Waals surface area contributed by atoms with Gasteiger partial charge >= 0.3 is 5.97 Å². The van der Waals surface area contributed by atoms with Gasteiger partial charge in [0.05, 0.1) is 24.1 Å². The number of aromatic nitrogens is 1. The topological polar surface area (TPSA) is 52.8 Å². The zero-order valence-electron chi connectivity index (χ0n) is 19.3. The molecule has 0 unspecified atom stereocenters. The fraction of sp³-hybridized carbons (Fsp3) is 0.143. The van der Waals surface area contributed by atoms with Crippen LogP contribution in [0.1, 0.15) is 34.1 Å². The van der Waals surface area contributed by atoms with E-state index in [1.54, 1.807) is 30.3 Å². The lowest BCUT2D eigenvalue weighted by Crippen LogP contribution is -2.06. The Bertz CT molecular complexity index is 1330. The molecule has 0 bridgehead atoms. The van der Waals surface area contributed by atoms with Crippen molar-refractivity contribution in [3.05, 3.63) is 113 Å². The average Bonchev–Trinajstić information content (AvgIpc) is 3.21. The molecule has 0 N–H and O–H groups in total. The Kier molecular flexibility index (Phi) is 6.87. The largest absolute Gasteiger partial charge is 0.465 e. The van der Waals surface area contributed by atoms with E-state index < -0.39 is 5.97 Å². The first kappa shape index (κ1) is 23.0. The zero-order chi connectivity index (χ0) is 24.1. The molecule has 0 aliphatic heterocycles. The van der Waals surface area contributed by atoms with Gasteiger partial charge in [0.25, 0.3) is 0 Å². The normalized spacial score (nSPS) is 11.4. The second-order valence-corrected chi connectivity index (χ2v) is 7.81. The highest BCUT2D eigenvalue weighted by molar-refractivity contribution is 6.01. The molecule has 4 rings (SSSR count). The van der Waals surface area contributed by atoms with Crippen LogP contribution in [0.3, 0.4) is 0 Å². The molecule has 0 amide bonds. The van der Waals surface area contributed by atoms with E-state index in [1.165, 1.54) is 19.2 Å². The summed E-state index contributed by atoms with van der Waals surface area (Å²) in [5, 5.41) is 4.32. The van der Waals surface area contributed by atoms with Crippen molar-refractivity contribution in [1.82, 2.24) is 4.57 Å². The first-order valence-corrected chi connectivity index (χ1v) is 10.9. The standard InChI is InChI=1S/C28H25FN2O3/c1-19(30-34-18-22-9-7-8-12-25(22)28(32)33-3)26-17-27(21-13-15-23(29)16-14-21)31(20(26)2)24-10-5-4-6-11-24/h4-17H,18H2,1-3H3. The molecule has 0 spiro atoms. The summed E-state index contributed by atoms with van der Waals surface area (Å²) in [6.07, 6.45) is 0. The van der Waals surface area contributed by atoms with Crippen molar-refractivity contribution in [3.63, 3.8) is 0 Å². The molecule has 0 atom stereocenters. The monoisotopic (exact) mass is 456 g/mol. The van der Waals surface area contributed by atoms with Gasteiger partial charge in [-0.1, -0.05) is 41.6 Å². The van der Waals surface area contributed by atoms with Crippen LogP contribution in [-0.4, -0.2) is 23.4 Å². The van der Waals surface area contributed by atoms with E-state index in [1.807, 2.05) is 56.3 Å². The van der Waals surface area contributed by atoms with Crippen molar-refractivity contribution < 1.29 is 18.8 Å². The number of rotatable bonds is 7. The van der Waals surface area contributed by atoms with Gasteiger partial charge in [-0.2, -0.15) is 0 Å². The third kappa shape index (κ3) is 4.76. The third-order valence-corrected chi connectivity index (χ3v) is 5.64. The van der Waals surface area contributed by atoms with Crippen LogP contribution in [0.15, 0.2) is 90.1 Å². The molecule has 34 heavy (non-hydrogen) atoms. The van der Waals surface area contributed by atoms with Crippen LogP contribution in [0.4, 0.5) is 4.39 Å². The Hall–Kier alpha value is -4.19. The Morgan fingerprint density at radius 3 is 2.32 bits per heavy atom. The molecule has 3 aromatic carbocycles. The molecular formula is C28H25FN2O3. The van der Waals surface area contributed by atoms with Gasteiger partial charge in [0.2, 0.25) is 0 Å². The van der Waals surface area contributed by atoms with E-state index in [9.17, 15) is 9.18 Å². The average molecular weight is 457 g/mol. The molecule has 4 aromatic rings. The molecule has 0 aliphatic carbocycles. The number of halogens is 1. The number of methoxy groups -OCH3 is 1. The zero-order valence-corrected chi connectivity index (χ0v) is 19.3. The van der Waals surface area contributed by atoms with E-state index in [4.69, 9.17) is 9.57 Å². The Balaban J connectivity index is 1.67. The lowest BCUT2D eigenvalue weighted by atomic mass is 10.1. The highest BCUT2D eigenvalue weighted by Crippen LogP contribution is 2.30. The van der Waals surface area contributed by atoms with Crippen molar-refractivity contribution in [3.8, 4) is 16.9 Å². The van der Waals surface area contributed by atoms with Gasteiger partial charge < -0.3 is 14.1 Å². The summed E-state index contributed by atoms with van der Waals surface area (Å²) in [4.78, 5) is 17.6. The highest BCUT2D eigenvalue weighted by Gasteiger charge is 2.17. The molecule has 0 saturated heterocycles. The van der Waals surface area contributed by atoms with Crippen molar-refractivity contribution in [2.45, 2.75) is 20.5 Å². The number of hydrogen-bond acceptors (Lipinski definition) is 4. The van der Waals surface area contributed by atoms with Crippen LogP contribution in [0, 0.1) is 12.7 Å². The predicted octanol–water partition coefficient (Wildman–Crippen LogP) is 6.32. The lowest BCUT2D eigenvalue weighted by Gasteiger charge is -2.12. The summed E-state index contributed by atoms with van der Waals surface area (Å²) in [6, 6.07) is 25.5. The number of nitrogens with zero attached hydrogens (tertiary/aromatic N) is 2. The Morgan fingerprint density at radius 2 is 1.62 bits per heavy atom.